The Balaban J connectivity index is 1.99. The molecule has 2 rings (SSSR count). The molecule has 18 heavy (non-hydrogen) atoms. The van der Waals surface area contributed by atoms with Crippen molar-refractivity contribution in [2.75, 3.05) is 13.1 Å². The second-order valence-electron chi connectivity index (χ2n) is 5.06. The maximum atomic E-state index is 13.1. The van der Waals surface area contributed by atoms with E-state index in [4.69, 9.17) is 5.73 Å². The van der Waals surface area contributed by atoms with Crippen LogP contribution in [-0.2, 0) is 6.54 Å². The summed E-state index contributed by atoms with van der Waals surface area (Å²) in [4.78, 5) is 6.36. The molecule has 0 atom stereocenters. The number of hydrogen-bond donors (Lipinski definition) is 1. The van der Waals surface area contributed by atoms with E-state index in [0.717, 1.165) is 25.1 Å². The first kappa shape index (κ1) is 13.4. The van der Waals surface area contributed by atoms with Crippen LogP contribution in [0.2, 0.25) is 0 Å². The lowest BCUT2D eigenvalue weighted by molar-refractivity contribution is 0.188. The Morgan fingerprint density at radius 1 is 1.33 bits per heavy atom. The Morgan fingerprint density at radius 2 is 2.11 bits per heavy atom. The topological polar surface area (TPSA) is 42.1 Å². The Bertz CT molecular complexity index is 364. The van der Waals surface area contributed by atoms with Crippen LogP contribution in [0.5, 0.6) is 0 Å². The van der Waals surface area contributed by atoms with E-state index in [-0.39, 0.29) is 5.82 Å². The van der Waals surface area contributed by atoms with Gasteiger partial charge in [-0.25, -0.2) is 4.39 Å². The number of hydrogen-bond acceptors (Lipinski definition) is 3. The van der Waals surface area contributed by atoms with Gasteiger partial charge in [0.25, 0.3) is 0 Å². The molecule has 0 amide bonds. The van der Waals surface area contributed by atoms with E-state index >= 15 is 0 Å². The van der Waals surface area contributed by atoms with Gasteiger partial charge in [0.05, 0.1) is 6.20 Å². The van der Waals surface area contributed by atoms with Crippen LogP contribution in [0.25, 0.3) is 0 Å². The fourth-order valence-corrected chi connectivity index (χ4v) is 2.73. The molecule has 0 radical (unpaired) electrons. The van der Waals surface area contributed by atoms with Crippen LogP contribution in [-0.4, -0.2) is 29.0 Å². The zero-order chi connectivity index (χ0) is 12.8. The van der Waals surface area contributed by atoms with E-state index in [1.807, 2.05) is 0 Å². The molecule has 4 heteroatoms. The number of nitrogens with zero attached hydrogens (tertiary/aromatic N) is 2. The smallest absolute Gasteiger partial charge is 0.141 e. The average molecular weight is 251 g/mol. The predicted molar refractivity (Wildman–Crippen MR) is 70.5 cm³/mol. The molecule has 0 spiro atoms. The van der Waals surface area contributed by atoms with Crippen molar-refractivity contribution in [3.05, 3.63) is 29.8 Å². The lowest BCUT2D eigenvalue weighted by Crippen LogP contribution is -2.34. The molecular formula is C14H22FN3. The van der Waals surface area contributed by atoms with Gasteiger partial charge in [0.15, 0.2) is 0 Å². The minimum atomic E-state index is -0.252. The molecule has 1 heterocycles. The van der Waals surface area contributed by atoms with Gasteiger partial charge in [-0.3, -0.25) is 9.88 Å². The zero-order valence-electron chi connectivity index (χ0n) is 10.8. The lowest BCUT2D eigenvalue weighted by Gasteiger charge is -2.28. The van der Waals surface area contributed by atoms with Gasteiger partial charge in [0.2, 0.25) is 0 Å². The molecule has 2 N–H and O–H groups in total. The van der Waals surface area contributed by atoms with Crippen molar-refractivity contribution in [3.8, 4) is 0 Å². The highest BCUT2D eigenvalue weighted by Gasteiger charge is 2.22. The van der Waals surface area contributed by atoms with Gasteiger partial charge in [-0.15, -0.1) is 0 Å². The third-order valence-electron chi connectivity index (χ3n) is 3.64. The van der Waals surface area contributed by atoms with E-state index in [0.29, 0.717) is 12.6 Å². The predicted octanol–water partition coefficient (Wildman–Crippen LogP) is 2.31. The first-order valence-electron chi connectivity index (χ1n) is 6.83. The quantitative estimate of drug-likeness (QED) is 0.843. The molecule has 3 nitrogen and oxygen atoms in total. The van der Waals surface area contributed by atoms with Gasteiger partial charge >= 0.3 is 0 Å². The third-order valence-corrected chi connectivity index (χ3v) is 3.64. The molecule has 0 bridgehead atoms. The summed E-state index contributed by atoms with van der Waals surface area (Å²) >= 11 is 0. The minimum absolute atomic E-state index is 0.252. The fraction of sp³-hybridized carbons (Fsp3) is 0.643. The highest BCUT2D eigenvalue weighted by molar-refractivity contribution is 5.10. The second kappa shape index (κ2) is 6.81. The minimum Gasteiger partial charge on any atom is -0.330 e. The van der Waals surface area contributed by atoms with Gasteiger partial charge in [0, 0.05) is 18.8 Å². The summed E-state index contributed by atoms with van der Waals surface area (Å²) in [5.41, 5.74) is 6.55. The zero-order valence-corrected chi connectivity index (χ0v) is 10.8. The van der Waals surface area contributed by atoms with E-state index in [1.165, 1.54) is 31.9 Å². The fourth-order valence-electron chi connectivity index (χ4n) is 2.73. The van der Waals surface area contributed by atoms with E-state index in [2.05, 4.69) is 9.88 Å². The highest BCUT2D eigenvalue weighted by Crippen LogP contribution is 2.25. The number of aromatic nitrogens is 1. The first-order chi connectivity index (χ1) is 8.79. The molecule has 1 aliphatic carbocycles. The van der Waals surface area contributed by atoms with Crippen molar-refractivity contribution in [2.45, 2.75) is 44.7 Å². The van der Waals surface area contributed by atoms with Crippen molar-refractivity contribution in [2.24, 2.45) is 5.73 Å². The largest absolute Gasteiger partial charge is 0.330 e. The Morgan fingerprint density at radius 3 is 2.78 bits per heavy atom. The van der Waals surface area contributed by atoms with Crippen molar-refractivity contribution >= 4 is 0 Å². The number of rotatable bonds is 6. The standard InChI is InChI=1S/C14H22FN3/c15-13-8-12(9-17-10-13)11-18(7-3-6-16)14-4-1-2-5-14/h8-10,14H,1-7,11,16H2. The molecular weight excluding hydrogens is 229 g/mol. The summed E-state index contributed by atoms with van der Waals surface area (Å²) in [5.74, 6) is -0.252. The number of nitrogens with two attached hydrogens (primary N) is 1. The van der Waals surface area contributed by atoms with Gasteiger partial charge in [-0.05, 0) is 44.0 Å². The van der Waals surface area contributed by atoms with Crippen LogP contribution in [0.1, 0.15) is 37.7 Å². The molecule has 0 saturated heterocycles. The Kier molecular flexibility index (Phi) is 5.08. The average Bonchev–Trinajstić information content (AvgIpc) is 2.88. The van der Waals surface area contributed by atoms with Gasteiger partial charge in [-0.2, -0.15) is 0 Å². The van der Waals surface area contributed by atoms with Crippen LogP contribution in [0.4, 0.5) is 4.39 Å². The molecule has 0 aliphatic heterocycles. The molecule has 1 aromatic rings. The summed E-state index contributed by atoms with van der Waals surface area (Å²) in [6.45, 7) is 2.50. The van der Waals surface area contributed by atoms with Crippen LogP contribution in [0.3, 0.4) is 0 Å². The van der Waals surface area contributed by atoms with Crippen LogP contribution in [0.15, 0.2) is 18.5 Å². The Hall–Kier alpha value is -1.00. The van der Waals surface area contributed by atoms with Gasteiger partial charge in [0.1, 0.15) is 5.82 Å². The summed E-state index contributed by atoms with van der Waals surface area (Å²) < 4.78 is 13.1. The van der Waals surface area contributed by atoms with Crippen LogP contribution >= 0.6 is 0 Å². The van der Waals surface area contributed by atoms with Gasteiger partial charge in [-0.1, -0.05) is 12.8 Å². The molecule has 0 aromatic carbocycles. The third kappa shape index (κ3) is 3.75. The molecule has 100 valence electrons. The Labute approximate surface area is 108 Å². The van der Waals surface area contributed by atoms with Gasteiger partial charge < -0.3 is 5.73 Å². The monoisotopic (exact) mass is 251 g/mol. The molecule has 1 aliphatic rings. The molecule has 1 saturated carbocycles. The molecule has 1 fully saturated rings. The van der Waals surface area contributed by atoms with Crippen molar-refractivity contribution in [3.63, 3.8) is 0 Å². The second-order valence-corrected chi connectivity index (χ2v) is 5.06. The highest BCUT2D eigenvalue weighted by atomic mass is 19.1. The number of halogens is 1. The maximum absolute atomic E-state index is 13.1. The maximum Gasteiger partial charge on any atom is 0.141 e. The van der Waals surface area contributed by atoms with Crippen molar-refractivity contribution < 1.29 is 4.39 Å². The van der Waals surface area contributed by atoms with Crippen LogP contribution in [0, 0.1) is 5.82 Å². The summed E-state index contributed by atoms with van der Waals surface area (Å²) in [6.07, 6.45) is 9.15. The normalized spacial score (nSPS) is 16.6. The van der Waals surface area contributed by atoms with E-state index in [9.17, 15) is 4.39 Å². The van der Waals surface area contributed by atoms with E-state index in [1.54, 1.807) is 12.3 Å². The van der Waals surface area contributed by atoms with Crippen molar-refractivity contribution in [1.82, 2.24) is 9.88 Å². The molecule has 1 aromatic heterocycles. The lowest BCUT2D eigenvalue weighted by atomic mass is 10.1. The van der Waals surface area contributed by atoms with Crippen molar-refractivity contribution in [1.29, 1.82) is 0 Å². The van der Waals surface area contributed by atoms with Crippen LogP contribution < -0.4 is 5.73 Å². The van der Waals surface area contributed by atoms with E-state index < -0.39 is 0 Å². The first-order valence-corrected chi connectivity index (χ1v) is 6.83. The summed E-state index contributed by atoms with van der Waals surface area (Å²) in [5, 5.41) is 0. The SMILES string of the molecule is NCCCN(Cc1cncc(F)c1)C1CCCC1. The molecule has 0 unspecified atom stereocenters. The summed E-state index contributed by atoms with van der Waals surface area (Å²) in [7, 11) is 0. The number of pyridine rings is 1. The summed E-state index contributed by atoms with van der Waals surface area (Å²) in [6, 6.07) is 2.22.